The molecular weight excluding hydrogens is 687 g/mol. The van der Waals surface area contributed by atoms with Crippen LogP contribution in [0.5, 0.6) is 0 Å². The highest BCUT2D eigenvalue weighted by Gasteiger charge is 2.53. The van der Waals surface area contributed by atoms with E-state index in [9.17, 15) is 34.2 Å². The number of pyridine rings is 1. The standard InChI is InChI=1S/C33H43N7O8S2/c1-4-5-6-7-8-9-10-11-14-35-26(41)20-12-15-39(16-13-20)17-21-18-49-29-24(28(43)40(29)25(21)30(44)45)37-27(42)23(22-19-50-32(34)36-22)38-48-33(2,3)31(46)47/h12-13,15-16,19,24,29H,4-11,14,17-18H2,1-3H3,(H5-,34,35,36,37,41,42,44,45,46,47)/b38-23-/t24-,29-/m1/s1. The molecule has 4 heterocycles. The fourth-order valence-corrected chi connectivity index (χ4v) is 7.18. The summed E-state index contributed by atoms with van der Waals surface area (Å²) in [5, 5.41) is 31.7. The van der Waals surface area contributed by atoms with E-state index < -0.39 is 46.5 Å². The van der Waals surface area contributed by atoms with E-state index in [2.05, 4.69) is 27.7 Å². The van der Waals surface area contributed by atoms with Crippen LogP contribution >= 0.6 is 23.1 Å². The number of nitrogens with zero attached hydrogens (tertiary/aromatic N) is 4. The van der Waals surface area contributed by atoms with Gasteiger partial charge in [-0.25, -0.2) is 14.3 Å². The molecule has 0 saturated carbocycles. The van der Waals surface area contributed by atoms with E-state index in [1.807, 2.05) is 0 Å². The fraction of sp³-hybridized carbons (Fsp3) is 0.515. The molecule has 2 atom stereocenters. The average molecular weight is 730 g/mol. The van der Waals surface area contributed by atoms with Crippen molar-refractivity contribution in [3.63, 3.8) is 0 Å². The minimum absolute atomic E-state index is 0.00717. The molecule has 2 aromatic rings. The van der Waals surface area contributed by atoms with Crippen LogP contribution in [0.3, 0.4) is 0 Å². The van der Waals surface area contributed by atoms with Crippen molar-refractivity contribution in [2.45, 2.75) is 95.7 Å². The van der Waals surface area contributed by atoms with Crippen molar-refractivity contribution >= 4 is 63.6 Å². The number of nitrogens with two attached hydrogens (primary N) is 1. The minimum atomic E-state index is -1.78. The third kappa shape index (κ3) is 9.59. The molecule has 1 saturated heterocycles. The van der Waals surface area contributed by atoms with Crippen molar-refractivity contribution in [3.05, 3.63) is 52.4 Å². The zero-order valence-corrected chi connectivity index (χ0v) is 29.9. The molecule has 4 rings (SSSR count). The van der Waals surface area contributed by atoms with Gasteiger partial charge in [0.2, 0.25) is 5.60 Å². The average Bonchev–Trinajstić information content (AvgIpc) is 3.51. The lowest BCUT2D eigenvalue weighted by Gasteiger charge is -2.50. The Bertz CT molecular complexity index is 1640. The maximum Gasteiger partial charge on any atom is 0.350 e. The van der Waals surface area contributed by atoms with Gasteiger partial charge < -0.3 is 36.2 Å². The zero-order chi connectivity index (χ0) is 36.4. The first-order chi connectivity index (χ1) is 23.8. The van der Waals surface area contributed by atoms with E-state index in [4.69, 9.17) is 10.6 Å². The summed E-state index contributed by atoms with van der Waals surface area (Å²) in [6, 6.07) is 2.18. The van der Waals surface area contributed by atoms with Crippen LogP contribution in [0, 0.1) is 0 Å². The molecule has 15 nitrogen and oxygen atoms in total. The molecule has 0 radical (unpaired) electrons. The predicted molar refractivity (Wildman–Crippen MR) is 184 cm³/mol. The number of carboxylic acids is 2. The molecule has 2 aromatic heterocycles. The number of carboxylic acid groups (broad SMARTS) is 2. The molecule has 1 fully saturated rings. The Labute approximate surface area is 298 Å². The highest BCUT2D eigenvalue weighted by Crippen LogP contribution is 2.40. The zero-order valence-electron chi connectivity index (χ0n) is 28.3. The Balaban J connectivity index is 1.36. The number of thiazole rings is 1. The smallest absolute Gasteiger partial charge is 0.350 e. The van der Waals surface area contributed by atoms with Crippen LogP contribution in [0.4, 0.5) is 5.13 Å². The Morgan fingerprint density at radius 2 is 1.80 bits per heavy atom. The number of amides is 3. The molecule has 0 spiro atoms. The van der Waals surface area contributed by atoms with Crippen LogP contribution in [0.2, 0.25) is 0 Å². The van der Waals surface area contributed by atoms with Gasteiger partial charge in [0.05, 0.1) is 17.2 Å². The van der Waals surface area contributed by atoms with Crippen molar-refractivity contribution in [3.8, 4) is 0 Å². The number of unbranched alkanes of at least 4 members (excludes halogenated alkanes) is 7. The number of hydrogen-bond acceptors (Lipinski definition) is 12. The number of nitrogens with one attached hydrogen (secondary N) is 2. The van der Waals surface area contributed by atoms with Gasteiger partial charge in [-0.2, -0.15) is 0 Å². The number of aromatic nitrogens is 2. The molecule has 2 aliphatic rings. The number of hydrogen-bond donors (Lipinski definition) is 4. The summed E-state index contributed by atoms with van der Waals surface area (Å²) < 4.78 is 1.71. The van der Waals surface area contributed by atoms with Gasteiger partial charge in [0.15, 0.2) is 29.8 Å². The predicted octanol–water partition coefficient (Wildman–Crippen LogP) is 1.57. The second-order valence-electron chi connectivity index (χ2n) is 12.5. The largest absolute Gasteiger partial charge is 0.543 e. The number of anilines is 1. The topological polar surface area (TPSA) is 220 Å². The molecule has 5 N–H and O–H groups in total. The summed E-state index contributed by atoms with van der Waals surface area (Å²) >= 11 is 2.27. The highest BCUT2D eigenvalue weighted by molar-refractivity contribution is 8.00. The van der Waals surface area contributed by atoms with Crippen molar-refractivity contribution in [1.82, 2.24) is 20.5 Å². The Kier molecular flexibility index (Phi) is 13.3. The molecule has 50 heavy (non-hydrogen) atoms. The van der Waals surface area contributed by atoms with Crippen LogP contribution in [0.25, 0.3) is 0 Å². The lowest BCUT2D eigenvalue weighted by molar-refractivity contribution is -0.689. The second-order valence-corrected chi connectivity index (χ2v) is 14.5. The van der Waals surface area contributed by atoms with E-state index in [0.717, 1.165) is 35.5 Å². The Hall–Kier alpha value is -4.51. The molecule has 0 aromatic carbocycles. The van der Waals surface area contributed by atoms with E-state index in [-0.39, 0.29) is 34.7 Å². The number of nitrogen functional groups attached to an aromatic ring is 1. The highest BCUT2D eigenvalue weighted by atomic mass is 32.2. The maximum absolute atomic E-state index is 13.3. The first-order valence-corrected chi connectivity index (χ1v) is 18.4. The van der Waals surface area contributed by atoms with E-state index in [0.29, 0.717) is 17.7 Å². The SMILES string of the molecule is CCCCCCCCCCNC(=O)c1cc[n+](CC2=C(C(=O)[O-])N3C(=O)[C@@H](NC(=O)/C(=N\OC(C)(C)C(=O)O)c4csc(N)n4)[C@H]3SC2)cc1. The van der Waals surface area contributed by atoms with Crippen molar-refractivity contribution < 1.29 is 43.6 Å². The number of carbonyl (C=O) groups is 5. The molecule has 3 amide bonds. The van der Waals surface area contributed by atoms with Crippen molar-refractivity contribution in [2.24, 2.45) is 5.16 Å². The molecule has 0 unspecified atom stereocenters. The third-order valence-corrected chi connectivity index (χ3v) is 10.2. The van der Waals surface area contributed by atoms with Gasteiger partial charge in [-0.1, -0.05) is 57.0 Å². The number of aliphatic carboxylic acids is 2. The van der Waals surface area contributed by atoms with Gasteiger partial charge in [0.25, 0.3) is 17.7 Å². The molecule has 270 valence electrons. The number of β-lactam (4-membered cyclic amide) rings is 1. The summed E-state index contributed by atoms with van der Waals surface area (Å²) in [7, 11) is 0. The first kappa shape index (κ1) is 38.3. The summed E-state index contributed by atoms with van der Waals surface area (Å²) in [6.45, 7) is 5.40. The van der Waals surface area contributed by atoms with E-state index in [1.54, 1.807) is 29.1 Å². The second kappa shape index (κ2) is 17.4. The molecule has 17 heteroatoms. The number of carbonyl (C=O) groups excluding carboxylic acids is 4. The maximum atomic E-state index is 13.3. The first-order valence-electron chi connectivity index (χ1n) is 16.5. The fourth-order valence-electron chi connectivity index (χ4n) is 5.30. The lowest BCUT2D eigenvalue weighted by atomic mass is 10.0. The van der Waals surface area contributed by atoms with Crippen LogP contribution in [0.15, 0.2) is 46.3 Å². The van der Waals surface area contributed by atoms with Gasteiger partial charge in [-0.15, -0.1) is 23.1 Å². The number of oxime groups is 1. The van der Waals surface area contributed by atoms with E-state index in [1.165, 1.54) is 63.1 Å². The quantitative estimate of drug-likeness (QED) is 0.0535. The Morgan fingerprint density at radius 1 is 1.14 bits per heavy atom. The van der Waals surface area contributed by atoms with Gasteiger partial charge >= 0.3 is 5.97 Å². The monoisotopic (exact) mass is 729 g/mol. The number of fused-ring (bicyclic) bond motifs is 1. The third-order valence-electron chi connectivity index (χ3n) is 8.23. The molecule has 0 aliphatic carbocycles. The van der Waals surface area contributed by atoms with Gasteiger partial charge in [0, 0.05) is 35.4 Å². The van der Waals surface area contributed by atoms with Gasteiger partial charge in [-0.05, 0) is 20.3 Å². The molecule has 2 aliphatic heterocycles. The summed E-state index contributed by atoms with van der Waals surface area (Å²) in [5.74, 6) is -4.40. The normalized spacial score (nSPS) is 17.5. The van der Waals surface area contributed by atoms with Crippen LogP contribution in [0.1, 0.15) is 88.2 Å². The van der Waals surface area contributed by atoms with Crippen LogP contribution in [-0.2, 0) is 30.6 Å². The van der Waals surface area contributed by atoms with E-state index >= 15 is 0 Å². The van der Waals surface area contributed by atoms with Gasteiger partial charge in [0.1, 0.15) is 17.1 Å². The molecular formula is C33H43N7O8S2. The Morgan fingerprint density at radius 3 is 2.40 bits per heavy atom. The summed E-state index contributed by atoms with van der Waals surface area (Å²) in [4.78, 5) is 73.2. The number of rotatable bonds is 19. The summed E-state index contributed by atoms with van der Waals surface area (Å²) in [5.41, 5.74) is 4.15. The lowest BCUT2D eigenvalue weighted by Crippen LogP contribution is -2.71. The van der Waals surface area contributed by atoms with Crippen molar-refractivity contribution in [2.75, 3.05) is 18.0 Å². The summed E-state index contributed by atoms with van der Waals surface area (Å²) in [6.07, 6.45) is 12.8. The minimum Gasteiger partial charge on any atom is -0.543 e. The van der Waals surface area contributed by atoms with Crippen LogP contribution < -0.4 is 26.0 Å². The number of thioether (sulfide) groups is 1. The molecule has 0 bridgehead atoms. The van der Waals surface area contributed by atoms with Crippen molar-refractivity contribution in [1.29, 1.82) is 0 Å². The van der Waals surface area contributed by atoms with Crippen LogP contribution in [-0.4, -0.2) is 79.7 Å². The van der Waals surface area contributed by atoms with Gasteiger partial charge in [-0.3, -0.25) is 19.3 Å².